The fourth-order valence-electron chi connectivity index (χ4n) is 1.58. The molecule has 3 heterocycles. The van der Waals surface area contributed by atoms with Crippen LogP contribution < -0.4 is 5.56 Å². The van der Waals surface area contributed by atoms with Crippen LogP contribution in [0.25, 0.3) is 17.0 Å². The SMILES string of the molecule is Cc1nc2c(cnn2-c2ncccn2)c(=O)[nH]1. The number of aryl methyl sites for hydroxylation is 1. The van der Waals surface area contributed by atoms with E-state index in [1.54, 1.807) is 25.4 Å². The molecule has 7 nitrogen and oxygen atoms in total. The van der Waals surface area contributed by atoms with Crippen LogP contribution in [0.5, 0.6) is 0 Å². The zero-order valence-corrected chi connectivity index (χ0v) is 8.95. The lowest BCUT2D eigenvalue weighted by Crippen LogP contribution is -2.10. The van der Waals surface area contributed by atoms with E-state index < -0.39 is 0 Å². The van der Waals surface area contributed by atoms with Gasteiger partial charge in [-0.15, -0.1) is 0 Å². The van der Waals surface area contributed by atoms with E-state index in [4.69, 9.17) is 0 Å². The van der Waals surface area contributed by atoms with Crippen molar-refractivity contribution in [1.29, 1.82) is 0 Å². The van der Waals surface area contributed by atoms with Crippen LogP contribution in [0.3, 0.4) is 0 Å². The predicted molar refractivity (Wildman–Crippen MR) is 59.8 cm³/mol. The number of rotatable bonds is 1. The molecule has 0 unspecified atom stereocenters. The topological polar surface area (TPSA) is 89.3 Å². The van der Waals surface area contributed by atoms with Gasteiger partial charge in [-0.05, 0) is 13.0 Å². The summed E-state index contributed by atoms with van der Waals surface area (Å²) in [5.41, 5.74) is 0.243. The molecule has 84 valence electrons. The highest BCUT2D eigenvalue weighted by Gasteiger charge is 2.11. The standard InChI is InChI=1S/C10H8N6O/c1-6-14-8-7(9(17)15-6)5-13-16(8)10-11-3-2-4-12-10/h2-5H,1H3,(H,14,15,17). The van der Waals surface area contributed by atoms with Crippen LogP contribution in [0.1, 0.15) is 5.82 Å². The van der Waals surface area contributed by atoms with Gasteiger partial charge in [0.1, 0.15) is 11.2 Å². The number of nitrogens with zero attached hydrogens (tertiary/aromatic N) is 5. The lowest BCUT2D eigenvalue weighted by molar-refractivity contribution is 0.819. The van der Waals surface area contributed by atoms with Gasteiger partial charge >= 0.3 is 0 Å². The quantitative estimate of drug-likeness (QED) is 0.643. The van der Waals surface area contributed by atoms with Crippen LogP contribution in [-0.4, -0.2) is 29.7 Å². The molecule has 3 aromatic rings. The number of aromatic nitrogens is 6. The highest BCUT2D eigenvalue weighted by molar-refractivity contribution is 5.74. The van der Waals surface area contributed by atoms with Crippen LogP contribution in [0.4, 0.5) is 0 Å². The van der Waals surface area contributed by atoms with Crippen molar-refractivity contribution in [2.24, 2.45) is 0 Å². The number of nitrogens with one attached hydrogen (secondary N) is 1. The average molecular weight is 228 g/mol. The molecule has 0 atom stereocenters. The molecule has 0 aliphatic heterocycles. The second kappa shape index (κ2) is 3.48. The van der Waals surface area contributed by atoms with Gasteiger partial charge < -0.3 is 4.98 Å². The van der Waals surface area contributed by atoms with E-state index in [1.807, 2.05) is 0 Å². The molecule has 0 aliphatic carbocycles. The largest absolute Gasteiger partial charge is 0.310 e. The van der Waals surface area contributed by atoms with Crippen molar-refractivity contribution in [3.63, 3.8) is 0 Å². The van der Waals surface area contributed by atoms with Crippen molar-refractivity contribution in [2.45, 2.75) is 6.92 Å². The Bertz CT molecular complexity index is 729. The number of hydrogen-bond acceptors (Lipinski definition) is 5. The Morgan fingerprint density at radius 2 is 2.06 bits per heavy atom. The minimum atomic E-state index is -0.213. The van der Waals surface area contributed by atoms with Gasteiger partial charge in [-0.2, -0.15) is 9.78 Å². The van der Waals surface area contributed by atoms with Gasteiger partial charge in [-0.25, -0.2) is 15.0 Å². The lowest BCUT2D eigenvalue weighted by Gasteiger charge is -1.99. The van der Waals surface area contributed by atoms with E-state index in [-0.39, 0.29) is 5.56 Å². The van der Waals surface area contributed by atoms with Crippen molar-refractivity contribution in [3.05, 3.63) is 40.8 Å². The molecule has 0 saturated carbocycles. The first-order valence-corrected chi connectivity index (χ1v) is 4.98. The molecule has 0 radical (unpaired) electrons. The average Bonchev–Trinajstić information content (AvgIpc) is 2.74. The third kappa shape index (κ3) is 1.48. The van der Waals surface area contributed by atoms with Crippen LogP contribution in [0.15, 0.2) is 29.5 Å². The Labute approximate surface area is 95.2 Å². The molecule has 0 saturated heterocycles. The third-order valence-electron chi connectivity index (χ3n) is 2.30. The Balaban J connectivity index is 2.36. The first-order valence-electron chi connectivity index (χ1n) is 4.98. The molecular weight excluding hydrogens is 220 g/mol. The molecule has 1 N–H and O–H groups in total. The maximum absolute atomic E-state index is 11.7. The van der Waals surface area contributed by atoms with Gasteiger partial charge in [-0.1, -0.05) is 0 Å². The Kier molecular flexibility index (Phi) is 1.97. The Morgan fingerprint density at radius 3 is 2.82 bits per heavy atom. The third-order valence-corrected chi connectivity index (χ3v) is 2.30. The summed E-state index contributed by atoms with van der Waals surface area (Å²) in [6, 6.07) is 1.71. The zero-order chi connectivity index (χ0) is 11.8. The van der Waals surface area contributed by atoms with E-state index in [0.717, 1.165) is 0 Å². The monoisotopic (exact) mass is 228 g/mol. The Morgan fingerprint density at radius 1 is 1.29 bits per heavy atom. The molecule has 0 amide bonds. The molecule has 0 aliphatic rings. The molecule has 0 aromatic carbocycles. The van der Waals surface area contributed by atoms with Crippen LogP contribution in [-0.2, 0) is 0 Å². The predicted octanol–water partition coefficient (Wildman–Crippen LogP) is 0.207. The number of aromatic amines is 1. The van der Waals surface area contributed by atoms with Gasteiger partial charge in [0.15, 0.2) is 5.65 Å². The highest BCUT2D eigenvalue weighted by atomic mass is 16.1. The van der Waals surface area contributed by atoms with Crippen molar-refractivity contribution < 1.29 is 0 Å². The summed E-state index contributed by atoms with van der Waals surface area (Å²) in [6.45, 7) is 1.71. The van der Waals surface area contributed by atoms with E-state index in [2.05, 4.69) is 25.0 Å². The molecule has 3 aromatic heterocycles. The fraction of sp³-hybridized carbons (Fsp3) is 0.100. The smallest absolute Gasteiger partial charge is 0.262 e. The summed E-state index contributed by atoms with van der Waals surface area (Å²) in [4.78, 5) is 26.6. The van der Waals surface area contributed by atoms with E-state index in [9.17, 15) is 4.79 Å². The summed E-state index contributed by atoms with van der Waals surface area (Å²) in [6.07, 6.45) is 4.67. The minimum Gasteiger partial charge on any atom is -0.310 e. The van der Waals surface area contributed by atoms with Crippen LogP contribution in [0.2, 0.25) is 0 Å². The Hall–Kier alpha value is -2.57. The maximum Gasteiger partial charge on any atom is 0.262 e. The molecule has 7 heteroatoms. The van der Waals surface area contributed by atoms with Crippen LogP contribution in [0, 0.1) is 6.92 Å². The first kappa shape index (κ1) is 9.64. The van der Waals surface area contributed by atoms with Crippen LogP contribution >= 0.6 is 0 Å². The number of H-pyrrole nitrogens is 1. The zero-order valence-electron chi connectivity index (χ0n) is 8.95. The summed E-state index contributed by atoms with van der Waals surface area (Å²) >= 11 is 0. The highest BCUT2D eigenvalue weighted by Crippen LogP contribution is 2.09. The van der Waals surface area contributed by atoms with Crippen molar-refractivity contribution in [1.82, 2.24) is 29.7 Å². The van der Waals surface area contributed by atoms with Gasteiger partial charge in [0.25, 0.3) is 11.5 Å². The molecule has 0 bridgehead atoms. The molecule has 17 heavy (non-hydrogen) atoms. The first-order chi connectivity index (χ1) is 8.25. The molecule has 0 fully saturated rings. The number of fused-ring (bicyclic) bond motifs is 1. The normalized spacial score (nSPS) is 10.9. The minimum absolute atomic E-state index is 0.213. The summed E-state index contributed by atoms with van der Waals surface area (Å²) in [5, 5.41) is 4.50. The van der Waals surface area contributed by atoms with Gasteiger partial charge in [-0.3, -0.25) is 4.79 Å². The number of hydrogen-bond donors (Lipinski definition) is 1. The second-order valence-electron chi connectivity index (χ2n) is 3.49. The molecule has 3 rings (SSSR count). The fourth-order valence-corrected chi connectivity index (χ4v) is 1.58. The summed E-state index contributed by atoms with van der Waals surface area (Å²) in [5.74, 6) is 0.917. The van der Waals surface area contributed by atoms with E-state index in [1.165, 1.54) is 10.9 Å². The molecule has 0 spiro atoms. The summed E-state index contributed by atoms with van der Waals surface area (Å²) in [7, 11) is 0. The van der Waals surface area contributed by atoms with Gasteiger partial charge in [0, 0.05) is 12.4 Å². The second-order valence-corrected chi connectivity index (χ2v) is 3.49. The van der Waals surface area contributed by atoms with Gasteiger partial charge in [0.05, 0.1) is 6.20 Å². The lowest BCUT2D eigenvalue weighted by atomic mass is 10.4. The van der Waals surface area contributed by atoms with Crippen molar-refractivity contribution in [2.75, 3.05) is 0 Å². The molecular formula is C10H8N6O. The van der Waals surface area contributed by atoms with Crippen molar-refractivity contribution in [3.8, 4) is 5.95 Å². The summed E-state index contributed by atoms with van der Waals surface area (Å²) < 4.78 is 1.44. The van der Waals surface area contributed by atoms with E-state index >= 15 is 0 Å². The van der Waals surface area contributed by atoms with Crippen molar-refractivity contribution >= 4 is 11.0 Å². The van der Waals surface area contributed by atoms with E-state index in [0.29, 0.717) is 22.8 Å². The maximum atomic E-state index is 11.7. The van der Waals surface area contributed by atoms with Gasteiger partial charge in [0.2, 0.25) is 0 Å².